The third kappa shape index (κ3) is 4.57. The van der Waals surface area contributed by atoms with E-state index < -0.39 is 5.56 Å². The van der Waals surface area contributed by atoms with E-state index in [2.05, 4.69) is 15.5 Å². The lowest BCUT2D eigenvalue weighted by Gasteiger charge is -2.09. The first-order chi connectivity index (χ1) is 15.0. The zero-order valence-corrected chi connectivity index (χ0v) is 17.5. The van der Waals surface area contributed by atoms with Gasteiger partial charge in [-0.2, -0.15) is 4.98 Å². The molecule has 0 aliphatic heterocycles. The van der Waals surface area contributed by atoms with Gasteiger partial charge in [-0.25, -0.2) is 0 Å². The third-order valence-electron chi connectivity index (χ3n) is 4.81. The van der Waals surface area contributed by atoms with Crippen molar-refractivity contribution in [1.29, 1.82) is 0 Å². The molecule has 2 aromatic heterocycles. The highest BCUT2D eigenvalue weighted by Gasteiger charge is 2.16. The van der Waals surface area contributed by atoms with Crippen LogP contribution in [0, 0.1) is 6.92 Å². The number of halogens is 1. The third-order valence-corrected chi connectivity index (χ3v) is 5.18. The summed E-state index contributed by atoms with van der Waals surface area (Å²) < 4.78 is 6.63. The van der Waals surface area contributed by atoms with Gasteiger partial charge in [-0.15, -0.1) is 0 Å². The Labute approximate surface area is 183 Å². The highest BCUT2D eigenvalue weighted by atomic mass is 35.5. The van der Waals surface area contributed by atoms with E-state index in [0.717, 1.165) is 16.7 Å². The number of hydrogen-bond acceptors (Lipinski definition) is 5. The van der Waals surface area contributed by atoms with Crippen LogP contribution in [-0.2, 0) is 17.9 Å². The normalized spacial score (nSPS) is 10.8. The molecule has 0 bridgehead atoms. The predicted molar refractivity (Wildman–Crippen MR) is 117 cm³/mol. The van der Waals surface area contributed by atoms with Crippen molar-refractivity contribution in [1.82, 2.24) is 20.0 Å². The summed E-state index contributed by atoms with van der Waals surface area (Å²) >= 11 is 6.11. The van der Waals surface area contributed by atoms with Crippen molar-refractivity contribution in [2.24, 2.45) is 0 Å². The lowest BCUT2D eigenvalue weighted by atomic mass is 10.1. The molecular formula is C23H19ClN4O3. The van der Waals surface area contributed by atoms with E-state index in [-0.39, 0.29) is 30.5 Å². The van der Waals surface area contributed by atoms with Crippen LogP contribution in [-0.4, -0.2) is 20.6 Å². The number of nitrogens with zero attached hydrogens (tertiary/aromatic N) is 3. The number of aromatic nitrogens is 3. The molecular weight excluding hydrogens is 416 g/mol. The molecule has 0 atom stereocenters. The second-order valence-electron chi connectivity index (χ2n) is 6.96. The molecule has 31 heavy (non-hydrogen) atoms. The van der Waals surface area contributed by atoms with Crippen molar-refractivity contribution in [2.75, 3.05) is 0 Å². The fourth-order valence-corrected chi connectivity index (χ4v) is 3.34. The van der Waals surface area contributed by atoms with E-state index in [0.29, 0.717) is 10.8 Å². The van der Waals surface area contributed by atoms with Crippen LogP contribution >= 0.6 is 11.6 Å². The Morgan fingerprint density at radius 3 is 2.61 bits per heavy atom. The molecule has 8 heteroatoms. The average Bonchev–Trinajstić information content (AvgIpc) is 3.25. The lowest BCUT2D eigenvalue weighted by molar-refractivity contribution is -0.121. The molecule has 0 unspecified atom stereocenters. The fraction of sp³-hybridized carbons (Fsp3) is 0.130. The summed E-state index contributed by atoms with van der Waals surface area (Å²) in [6, 6.07) is 18.1. The van der Waals surface area contributed by atoms with Gasteiger partial charge in [-0.05, 0) is 36.2 Å². The quantitative estimate of drug-likeness (QED) is 0.498. The summed E-state index contributed by atoms with van der Waals surface area (Å²) in [6.07, 6.45) is 1.54. The molecule has 2 aromatic carbocycles. The minimum atomic E-state index is -0.393. The summed E-state index contributed by atoms with van der Waals surface area (Å²) in [5.74, 6) is 0.194. The number of rotatable bonds is 6. The van der Waals surface area contributed by atoms with Gasteiger partial charge in [-0.1, -0.05) is 59.2 Å². The average molecular weight is 435 g/mol. The van der Waals surface area contributed by atoms with Gasteiger partial charge >= 0.3 is 0 Å². The van der Waals surface area contributed by atoms with Gasteiger partial charge in [0.25, 0.3) is 11.4 Å². The maximum Gasteiger partial charge on any atom is 0.263 e. The second kappa shape index (κ2) is 8.97. The number of hydrogen-bond donors (Lipinski definition) is 1. The van der Waals surface area contributed by atoms with Crippen LogP contribution in [0.4, 0.5) is 0 Å². The van der Waals surface area contributed by atoms with Gasteiger partial charge in [0.15, 0.2) is 0 Å². The van der Waals surface area contributed by atoms with Crippen LogP contribution in [0.2, 0.25) is 5.02 Å². The molecule has 0 aliphatic rings. The fourth-order valence-electron chi connectivity index (χ4n) is 3.14. The zero-order valence-electron chi connectivity index (χ0n) is 16.7. The first-order valence-electron chi connectivity index (χ1n) is 9.62. The van der Waals surface area contributed by atoms with Crippen LogP contribution < -0.4 is 10.9 Å². The Bertz CT molecular complexity index is 1300. The standard InChI is InChI=1S/C23H19ClN4O3/c1-15-7-2-4-9-17(15)21-26-22(31-27-21)18-10-6-12-28(23(18)30)14-20(29)25-13-16-8-3-5-11-19(16)24/h2-12H,13-14H2,1H3,(H,25,29). The molecule has 4 rings (SSSR count). The number of nitrogens with one attached hydrogen (secondary N) is 1. The molecule has 7 nitrogen and oxygen atoms in total. The van der Waals surface area contributed by atoms with Gasteiger partial charge in [0.1, 0.15) is 12.1 Å². The SMILES string of the molecule is Cc1ccccc1-c1noc(-c2cccn(CC(=O)NCc3ccccc3Cl)c2=O)n1. The molecule has 0 fully saturated rings. The Hall–Kier alpha value is -3.71. The molecule has 1 N–H and O–H groups in total. The number of amides is 1. The van der Waals surface area contributed by atoms with Crippen LogP contribution in [0.1, 0.15) is 11.1 Å². The van der Waals surface area contributed by atoms with E-state index in [9.17, 15) is 9.59 Å². The highest BCUT2D eigenvalue weighted by molar-refractivity contribution is 6.31. The van der Waals surface area contributed by atoms with Crippen molar-refractivity contribution < 1.29 is 9.32 Å². The maximum atomic E-state index is 12.9. The topological polar surface area (TPSA) is 90.0 Å². The molecule has 0 radical (unpaired) electrons. The van der Waals surface area contributed by atoms with Crippen molar-refractivity contribution >= 4 is 17.5 Å². The van der Waals surface area contributed by atoms with Gasteiger partial charge in [0.05, 0.1) is 0 Å². The summed E-state index contributed by atoms with van der Waals surface area (Å²) in [4.78, 5) is 29.6. The molecule has 2 heterocycles. The molecule has 0 spiro atoms. The van der Waals surface area contributed by atoms with Crippen molar-refractivity contribution in [2.45, 2.75) is 20.0 Å². The summed E-state index contributed by atoms with van der Waals surface area (Å²) in [5, 5.41) is 7.34. The monoisotopic (exact) mass is 434 g/mol. The number of benzene rings is 2. The maximum absolute atomic E-state index is 12.9. The number of carbonyl (C=O) groups excluding carboxylic acids is 1. The van der Waals surface area contributed by atoms with E-state index >= 15 is 0 Å². The number of pyridine rings is 1. The minimum absolute atomic E-state index is 0.106. The molecule has 156 valence electrons. The zero-order chi connectivity index (χ0) is 21.8. The van der Waals surface area contributed by atoms with Crippen LogP contribution in [0.25, 0.3) is 22.8 Å². The second-order valence-corrected chi connectivity index (χ2v) is 7.37. The smallest absolute Gasteiger partial charge is 0.263 e. The van der Waals surface area contributed by atoms with Gasteiger partial charge in [0, 0.05) is 23.3 Å². The van der Waals surface area contributed by atoms with Crippen molar-refractivity contribution in [3.05, 3.63) is 93.4 Å². The van der Waals surface area contributed by atoms with E-state index in [1.807, 2.05) is 49.4 Å². The predicted octanol–water partition coefficient (Wildman–Crippen LogP) is 3.84. The molecule has 0 saturated carbocycles. The van der Waals surface area contributed by atoms with Gasteiger partial charge in [-0.3, -0.25) is 9.59 Å². The van der Waals surface area contributed by atoms with Crippen LogP contribution in [0.15, 0.2) is 76.2 Å². The Kier molecular flexibility index (Phi) is 5.95. The lowest BCUT2D eigenvalue weighted by Crippen LogP contribution is -2.32. The Morgan fingerprint density at radius 2 is 1.81 bits per heavy atom. The largest absolute Gasteiger partial charge is 0.350 e. The molecule has 1 amide bonds. The van der Waals surface area contributed by atoms with E-state index in [1.165, 1.54) is 4.57 Å². The minimum Gasteiger partial charge on any atom is -0.350 e. The van der Waals surface area contributed by atoms with E-state index in [1.54, 1.807) is 24.4 Å². The van der Waals surface area contributed by atoms with Crippen LogP contribution in [0.3, 0.4) is 0 Å². The molecule has 0 aliphatic carbocycles. The Balaban J connectivity index is 1.51. The summed E-state index contributed by atoms with van der Waals surface area (Å²) in [6.45, 7) is 2.08. The Morgan fingerprint density at radius 1 is 1.06 bits per heavy atom. The molecule has 4 aromatic rings. The summed E-state index contributed by atoms with van der Waals surface area (Å²) in [5.41, 5.74) is 2.46. The highest BCUT2D eigenvalue weighted by Crippen LogP contribution is 2.22. The van der Waals surface area contributed by atoms with Crippen molar-refractivity contribution in [3.63, 3.8) is 0 Å². The first kappa shape index (κ1) is 20.6. The van der Waals surface area contributed by atoms with Crippen molar-refractivity contribution in [3.8, 4) is 22.8 Å². The number of aryl methyl sites for hydroxylation is 1. The van der Waals surface area contributed by atoms with Gasteiger partial charge in [0.2, 0.25) is 11.7 Å². The number of carbonyl (C=O) groups is 1. The van der Waals surface area contributed by atoms with E-state index in [4.69, 9.17) is 16.1 Å². The summed E-state index contributed by atoms with van der Waals surface area (Å²) in [7, 11) is 0. The van der Waals surface area contributed by atoms with Gasteiger partial charge < -0.3 is 14.4 Å². The first-order valence-corrected chi connectivity index (χ1v) is 10.0. The molecule has 0 saturated heterocycles. The van der Waals surface area contributed by atoms with Crippen LogP contribution in [0.5, 0.6) is 0 Å².